The highest BCUT2D eigenvalue weighted by Gasteiger charge is 2.15. The summed E-state index contributed by atoms with van der Waals surface area (Å²) in [7, 11) is 1.50. The molecule has 1 aromatic carbocycles. The van der Waals surface area contributed by atoms with E-state index in [1.807, 2.05) is 5.38 Å². The third-order valence-corrected chi connectivity index (χ3v) is 5.33. The zero-order chi connectivity index (χ0) is 17.6. The normalized spacial score (nSPS) is 10.8. The predicted molar refractivity (Wildman–Crippen MR) is 102 cm³/mol. The summed E-state index contributed by atoms with van der Waals surface area (Å²) in [4.78, 5) is 24.3. The molecule has 2 aromatic heterocycles. The maximum atomic E-state index is 12.2. The number of hydrogen-bond donors (Lipinski definition) is 1. The molecule has 0 atom stereocenters. The average molecular weight is 375 g/mol. The molecule has 0 aliphatic heterocycles. The first-order valence-corrected chi connectivity index (χ1v) is 9.76. The van der Waals surface area contributed by atoms with Crippen LogP contribution >= 0.6 is 23.1 Å². The summed E-state index contributed by atoms with van der Waals surface area (Å²) >= 11 is 3.41. The Balaban J connectivity index is 1.62. The van der Waals surface area contributed by atoms with Gasteiger partial charge in [0, 0.05) is 23.4 Å². The van der Waals surface area contributed by atoms with Gasteiger partial charge in [-0.2, -0.15) is 23.1 Å². The van der Waals surface area contributed by atoms with Gasteiger partial charge in [0.25, 0.3) is 5.91 Å². The highest BCUT2D eigenvalue weighted by atomic mass is 32.2. The molecule has 0 spiro atoms. The van der Waals surface area contributed by atoms with Crippen molar-refractivity contribution in [3.05, 3.63) is 62.6 Å². The molecule has 0 fully saturated rings. The zero-order valence-corrected chi connectivity index (χ0v) is 15.2. The number of fused-ring (bicyclic) bond motifs is 1. The van der Waals surface area contributed by atoms with Gasteiger partial charge in [-0.15, -0.1) is 0 Å². The largest absolute Gasteiger partial charge is 0.493 e. The Morgan fingerprint density at radius 1 is 1.36 bits per heavy atom. The zero-order valence-electron chi connectivity index (χ0n) is 13.6. The van der Waals surface area contributed by atoms with E-state index >= 15 is 0 Å². The van der Waals surface area contributed by atoms with E-state index in [1.165, 1.54) is 18.7 Å². The molecule has 1 amide bonds. The number of rotatable bonds is 7. The number of hydrogen-bond acceptors (Lipinski definition) is 6. The fourth-order valence-corrected chi connectivity index (χ4v) is 3.91. The number of para-hydroxylation sites is 1. The molecule has 0 aliphatic carbocycles. The summed E-state index contributed by atoms with van der Waals surface area (Å²) in [6.07, 6.45) is 0. The summed E-state index contributed by atoms with van der Waals surface area (Å²) in [6.45, 7) is 0.489. The van der Waals surface area contributed by atoms with Crippen molar-refractivity contribution in [2.45, 2.75) is 5.75 Å². The van der Waals surface area contributed by atoms with Crippen LogP contribution < -0.4 is 15.7 Å². The third kappa shape index (κ3) is 4.24. The lowest BCUT2D eigenvalue weighted by atomic mass is 10.1. The van der Waals surface area contributed by atoms with E-state index in [0.29, 0.717) is 23.3 Å². The molecule has 3 rings (SSSR count). The predicted octanol–water partition coefficient (Wildman–Crippen LogP) is 3.53. The van der Waals surface area contributed by atoms with Crippen LogP contribution in [0.5, 0.6) is 5.75 Å². The van der Waals surface area contributed by atoms with Crippen molar-refractivity contribution in [3.63, 3.8) is 0 Å². The van der Waals surface area contributed by atoms with Crippen molar-refractivity contribution < 1.29 is 13.9 Å². The SMILES string of the molecule is COc1cccc2cc(C(=O)NCCSCc3ccsc3)c(=O)oc12. The summed E-state index contributed by atoms with van der Waals surface area (Å²) < 4.78 is 10.4. The molecule has 3 aromatic rings. The molecule has 25 heavy (non-hydrogen) atoms. The molecule has 7 heteroatoms. The molecule has 0 unspecified atom stereocenters. The van der Waals surface area contributed by atoms with E-state index in [4.69, 9.17) is 9.15 Å². The maximum absolute atomic E-state index is 12.2. The number of thioether (sulfide) groups is 1. The van der Waals surface area contributed by atoms with Gasteiger partial charge in [-0.05, 0) is 34.5 Å². The van der Waals surface area contributed by atoms with E-state index in [0.717, 1.165) is 11.5 Å². The van der Waals surface area contributed by atoms with Gasteiger partial charge in [-0.25, -0.2) is 4.79 Å². The minimum absolute atomic E-state index is 0.00332. The Bertz CT molecular complexity index is 918. The lowest BCUT2D eigenvalue weighted by molar-refractivity contribution is 0.0952. The Hall–Kier alpha value is -2.25. The van der Waals surface area contributed by atoms with Gasteiger partial charge < -0.3 is 14.5 Å². The number of nitrogens with one attached hydrogen (secondary N) is 1. The number of methoxy groups -OCH3 is 1. The molecule has 5 nitrogen and oxygen atoms in total. The lowest BCUT2D eigenvalue weighted by Gasteiger charge is -2.07. The van der Waals surface area contributed by atoms with Gasteiger partial charge in [-0.1, -0.05) is 12.1 Å². The second-order valence-corrected chi connectivity index (χ2v) is 7.15. The maximum Gasteiger partial charge on any atom is 0.349 e. The highest BCUT2D eigenvalue weighted by Crippen LogP contribution is 2.24. The molecule has 2 heterocycles. The minimum Gasteiger partial charge on any atom is -0.493 e. The molecule has 1 N–H and O–H groups in total. The van der Waals surface area contributed by atoms with Gasteiger partial charge in [0.05, 0.1) is 7.11 Å². The first-order chi connectivity index (χ1) is 12.2. The van der Waals surface area contributed by atoms with Crippen LogP contribution in [0.4, 0.5) is 0 Å². The van der Waals surface area contributed by atoms with E-state index in [1.54, 1.807) is 41.3 Å². The van der Waals surface area contributed by atoms with E-state index in [2.05, 4.69) is 16.8 Å². The molecular weight excluding hydrogens is 358 g/mol. The number of benzene rings is 1. The fourth-order valence-electron chi connectivity index (χ4n) is 2.33. The first kappa shape index (κ1) is 17.6. The number of thiophene rings is 1. The van der Waals surface area contributed by atoms with Crippen LogP contribution in [0, 0.1) is 0 Å². The van der Waals surface area contributed by atoms with Gasteiger partial charge >= 0.3 is 5.63 Å². The lowest BCUT2D eigenvalue weighted by Crippen LogP contribution is -2.30. The van der Waals surface area contributed by atoms with Gasteiger partial charge in [0.1, 0.15) is 5.56 Å². The van der Waals surface area contributed by atoms with Crippen LogP contribution in [0.1, 0.15) is 15.9 Å². The first-order valence-electron chi connectivity index (χ1n) is 7.67. The van der Waals surface area contributed by atoms with Crippen molar-refractivity contribution in [2.24, 2.45) is 0 Å². The molecule has 0 radical (unpaired) electrons. The topological polar surface area (TPSA) is 68.5 Å². The van der Waals surface area contributed by atoms with Crippen molar-refractivity contribution in [1.29, 1.82) is 0 Å². The van der Waals surface area contributed by atoms with Crippen molar-refractivity contribution >= 4 is 40.0 Å². The van der Waals surface area contributed by atoms with E-state index in [9.17, 15) is 9.59 Å². The highest BCUT2D eigenvalue weighted by molar-refractivity contribution is 7.98. The van der Waals surface area contributed by atoms with Crippen LogP contribution in [0.15, 0.2) is 50.3 Å². The summed E-state index contributed by atoms with van der Waals surface area (Å²) in [5.41, 5.74) is 0.965. The summed E-state index contributed by atoms with van der Waals surface area (Å²) in [6, 6.07) is 8.89. The third-order valence-electron chi connectivity index (χ3n) is 3.57. The summed E-state index contributed by atoms with van der Waals surface area (Å²) in [5.74, 6) is 1.73. The van der Waals surface area contributed by atoms with Crippen LogP contribution in [-0.2, 0) is 5.75 Å². The van der Waals surface area contributed by atoms with Gasteiger partial charge in [0.15, 0.2) is 11.3 Å². The average Bonchev–Trinajstić information content (AvgIpc) is 3.13. The Morgan fingerprint density at radius 3 is 3.00 bits per heavy atom. The molecule has 0 aliphatic rings. The monoisotopic (exact) mass is 375 g/mol. The number of carbonyl (C=O) groups is 1. The molecule has 130 valence electrons. The van der Waals surface area contributed by atoms with Crippen LogP contribution in [0.25, 0.3) is 11.0 Å². The van der Waals surface area contributed by atoms with E-state index in [-0.39, 0.29) is 5.56 Å². The Morgan fingerprint density at radius 2 is 2.24 bits per heavy atom. The Kier molecular flexibility index (Phi) is 5.78. The summed E-state index contributed by atoms with van der Waals surface area (Å²) in [5, 5.41) is 7.57. The molecular formula is C18H17NO4S2. The number of carbonyl (C=O) groups excluding carboxylic acids is 1. The van der Waals surface area contributed by atoms with Crippen molar-refractivity contribution in [2.75, 3.05) is 19.4 Å². The number of amides is 1. The molecule has 0 bridgehead atoms. The quantitative estimate of drug-likeness (QED) is 0.505. The second-order valence-electron chi connectivity index (χ2n) is 5.27. The van der Waals surface area contributed by atoms with Crippen LogP contribution in [0.2, 0.25) is 0 Å². The molecule has 0 saturated carbocycles. The van der Waals surface area contributed by atoms with Crippen molar-refractivity contribution in [1.82, 2.24) is 5.32 Å². The smallest absolute Gasteiger partial charge is 0.349 e. The van der Waals surface area contributed by atoms with E-state index < -0.39 is 11.5 Å². The second kappa shape index (κ2) is 8.22. The fraction of sp³-hybridized carbons (Fsp3) is 0.222. The Labute approximate surface area is 153 Å². The van der Waals surface area contributed by atoms with Gasteiger partial charge in [0.2, 0.25) is 0 Å². The number of ether oxygens (including phenoxy) is 1. The van der Waals surface area contributed by atoms with Crippen LogP contribution in [-0.4, -0.2) is 25.3 Å². The van der Waals surface area contributed by atoms with Gasteiger partial charge in [-0.3, -0.25) is 4.79 Å². The molecule has 0 saturated heterocycles. The standard InChI is InChI=1S/C18H17NO4S2/c1-22-15-4-2-3-13-9-14(18(21)23-16(13)15)17(20)19-6-8-25-11-12-5-7-24-10-12/h2-5,7,9-10H,6,8,11H2,1H3,(H,19,20). The van der Waals surface area contributed by atoms with Crippen molar-refractivity contribution in [3.8, 4) is 5.75 Å². The van der Waals surface area contributed by atoms with Crippen LogP contribution in [0.3, 0.4) is 0 Å². The minimum atomic E-state index is -0.666.